The molecule has 9 heteroatoms. The SMILES string of the molecule is CCOC(=O)C1=C(N)Oc2c(c(=O)n(C)c(=O)n2C)[C@@H]1c1ccccc1F. The van der Waals surface area contributed by atoms with Gasteiger partial charge in [0.05, 0.1) is 18.1 Å². The highest BCUT2D eigenvalue weighted by atomic mass is 19.1. The lowest BCUT2D eigenvalue weighted by Gasteiger charge is -2.29. The van der Waals surface area contributed by atoms with Crippen LogP contribution in [0.5, 0.6) is 5.88 Å². The Bertz CT molecular complexity index is 1080. The molecule has 27 heavy (non-hydrogen) atoms. The van der Waals surface area contributed by atoms with Crippen LogP contribution < -0.4 is 21.7 Å². The van der Waals surface area contributed by atoms with Crippen LogP contribution >= 0.6 is 0 Å². The summed E-state index contributed by atoms with van der Waals surface area (Å²) in [6, 6.07) is 5.69. The van der Waals surface area contributed by atoms with Crippen LogP contribution in [0.2, 0.25) is 0 Å². The first-order valence-corrected chi connectivity index (χ1v) is 8.18. The van der Waals surface area contributed by atoms with Gasteiger partial charge >= 0.3 is 11.7 Å². The number of hydrogen-bond acceptors (Lipinski definition) is 6. The van der Waals surface area contributed by atoms with Crippen LogP contribution in [0.25, 0.3) is 0 Å². The highest BCUT2D eigenvalue weighted by Crippen LogP contribution is 2.40. The molecule has 2 heterocycles. The smallest absolute Gasteiger partial charge is 0.340 e. The highest BCUT2D eigenvalue weighted by molar-refractivity contribution is 5.92. The number of esters is 1. The second-order valence-electron chi connectivity index (χ2n) is 5.98. The van der Waals surface area contributed by atoms with Crippen molar-refractivity contribution in [2.75, 3.05) is 6.61 Å². The van der Waals surface area contributed by atoms with Crippen LogP contribution in [0.4, 0.5) is 4.39 Å². The fraction of sp³-hybridized carbons (Fsp3) is 0.278. The van der Waals surface area contributed by atoms with E-state index >= 15 is 0 Å². The molecule has 0 saturated carbocycles. The average molecular weight is 375 g/mol. The minimum atomic E-state index is -1.18. The van der Waals surface area contributed by atoms with E-state index in [4.69, 9.17) is 15.2 Å². The molecule has 2 N–H and O–H groups in total. The molecule has 0 fully saturated rings. The number of benzene rings is 1. The van der Waals surface area contributed by atoms with E-state index in [9.17, 15) is 18.8 Å². The zero-order valence-corrected chi connectivity index (χ0v) is 15.0. The Morgan fingerprint density at radius 2 is 1.93 bits per heavy atom. The van der Waals surface area contributed by atoms with E-state index in [-0.39, 0.29) is 35.1 Å². The van der Waals surface area contributed by atoms with E-state index in [0.29, 0.717) is 0 Å². The number of ether oxygens (including phenoxy) is 2. The summed E-state index contributed by atoms with van der Waals surface area (Å²) in [5.74, 6) is -3.13. The first-order valence-electron chi connectivity index (χ1n) is 8.18. The number of hydrogen-bond donors (Lipinski definition) is 1. The minimum Gasteiger partial charge on any atom is -0.462 e. The van der Waals surface area contributed by atoms with Crippen LogP contribution in [-0.4, -0.2) is 21.7 Å². The lowest BCUT2D eigenvalue weighted by molar-refractivity contribution is -0.139. The molecule has 0 radical (unpaired) electrons. The van der Waals surface area contributed by atoms with Crippen molar-refractivity contribution in [3.63, 3.8) is 0 Å². The van der Waals surface area contributed by atoms with Gasteiger partial charge in [-0.25, -0.2) is 14.0 Å². The summed E-state index contributed by atoms with van der Waals surface area (Å²) in [7, 11) is 2.68. The Balaban J connectivity index is 2.42. The predicted molar refractivity (Wildman–Crippen MR) is 93.6 cm³/mol. The first-order chi connectivity index (χ1) is 12.8. The van der Waals surface area contributed by atoms with Crippen molar-refractivity contribution in [3.8, 4) is 5.88 Å². The highest BCUT2D eigenvalue weighted by Gasteiger charge is 2.40. The normalized spacial score (nSPS) is 15.9. The summed E-state index contributed by atoms with van der Waals surface area (Å²) in [5.41, 5.74) is 4.36. The van der Waals surface area contributed by atoms with Crippen molar-refractivity contribution in [2.24, 2.45) is 19.8 Å². The van der Waals surface area contributed by atoms with E-state index in [1.54, 1.807) is 13.0 Å². The maximum Gasteiger partial charge on any atom is 0.340 e. The molecule has 1 aromatic carbocycles. The molecule has 142 valence electrons. The number of nitrogens with two attached hydrogens (primary N) is 1. The van der Waals surface area contributed by atoms with E-state index in [1.165, 1.54) is 32.3 Å². The van der Waals surface area contributed by atoms with Crippen molar-refractivity contribution >= 4 is 5.97 Å². The quantitative estimate of drug-likeness (QED) is 0.783. The van der Waals surface area contributed by atoms with Gasteiger partial charge in [-0.05, 0) is 13.0 Å². The zero-order chi connectivity index (χ0) is 19.9. The molecule has 0 saturated heterocycles. The van der Waals surface area contributed by atoms with Gasteiger partial charge in [-0.1, -0.05) is 18.2 Å². The lowest BCUT2D eigenvalue weighted by Crippen LogP contribution is -2.43. The molecule has 1 aromatic heterocycles. The molecule has 0 aliphatic carbocycles. The molecule has 0 spiro atoms. The van der Waals surface area contributed by atoms with Crippen LogP contribution in [0, 0.1) is 5.82 Å². The van der Waals surface area contributed by atoms with E-state index < -0.39 is 29.0 Å². The van der Waals surface area contributed by atoms with Gasteiger partial charge < -0.3 is 15.2 Å². The van der Waals surface area contributed by atoms with Crippen molar-refractivity contribution in [1.29, 1.82) is 0 Å². The molecule has 1 atom stereocenters. The first kappa shape index (κ1) is 18.4. The summed E-state index contributed by atoms with van der Waals surface area (Å²) in [4.78, 5) is 37.6. The number of halogens is 1. The summed E-state index contributed by atoms with van der Waals surface area (Å²) >= 11 is 0. The largest absolute Gasteiger partial charge is 0.462 e. The number of aromatic nitrogens is 2. The maximum absolute atomic E-state index is 14.6. The number of nitrogens with zero attached hydrogens (tertiary/aromatic N) is 2. The van der Waals surface area contributed by atoms with Gasteiger partial charge in [0.25, 0.3) is 5.56 Å². The number of fused-ring (bicyclic) bond motifs is 1. The molecule has 2 aromatic rings. The van der Waals surface area contributed by atoms with Crippen molar-refractivity contribution < 1.29 is 18.7 Å². The molecule has 0 bridgehead atoms. The summed E-state index contributed by atoms with van der Waals surface area (Å²) < 4.78 is 27.0. The third kappa shape index (κ3) is 2.80. The third-order valence-corrected chi connectivity index (χ3v) is 4.40. The van der Waals surface area contributed by atoms with E-state index in [0.717, 1.165) is 9.13 Å². The molecule has 1 aliphatic heterocycles. The number of carbonyl (C=O) groups excluding carboxylic acids is 1. The minimum absolute atomic E-state index is 0.0452. The monoisotopic (exact) mass is 375 g/mol. The van der Waals surface area contributed by atoms with Gasteiger partial charge in [-0.15, -0.1) is 0 Å². The fourth-order valence-corrected chi connectivity index (χ4v) is 3.12. The van der Waals surface area contributed by atoms with Crippen molar-refractivity contribution in [1.82, 2.24) is 9.13 Å². The second-order valence-corrected chi connectivity index (χ2v) is 5.98. The topological polar surface area (TPSA) is 106 Å². The number of carbonyl (C=O) groups is 1. The summed E-state index contributed by atoms with van der Waals surface area (Å²) in [6.07, 6.45) is 0. The van der Waals surface area contributed by atoms with Gasteiger partial charge in [0.2, 0.25) is 11.8 Å². The Kier molecular flexibility index (Phi) is 4.61. The second kappa shape index (κ2) is 6.75. The molecule has 0 unspecified atom stereocenters. The van der Waals surface area contributed by atoms with Gasteiger partial charge in [0.15, 0.2) is 0 Å². The van der Waals surface area contributed by atoms with E-state index in [1.807, 2.05) is 0 Å². The average Bonchev–Trinajstić information content (AvgIpc) is 2.64. The lowest BCUT2D eigenvalue weighted by atomic mass is 9.84. The molecule has 8 nitrogen and oxygen atoms in total. The summed E-state index contributed by atoms with van der Waals surface area (Å²) in [5, 5.41) is 0. The fourth-order valence-electron chi connectivity index (χ4n) is 3.12. The Hall–Kier alpha value is -3.36. The third-order valence-electron chi connectivity index (χ3n) is 4.40. The van der Waals surface area contributed by atoms with Gasteiger partial charge in [0, 0.05) is 19.7 Å². The maximum atomic E-state index is 14.6. The van der Waals surface area contributed by atoms with Gasteiger partial charge in [-0.3, -0.25) is 13.9 Å². The Morgan fingerprint density at radius 3 is 2.56 bits per heavy atom. The zero-order valence-electron chi connectivity index (χ0n) is 15.0. The van der Waals surface area contributed by atoms with Crippen LogP contribution in [0.15, 0.2) is 45.3 Å². The molecule has 3 rings (SSSR count). The number of rotatable bonds is 3. The Morgan fingerprint density at radius 1 is 1.26 bits per heavy atom. The Labute approximate surface area is 153 Å². The predicted octanol–water partition coefficient (Wildman–Crippen LogP) is 0.481. The van der Waals surface area contributed by atoms with Crippen molar-refractivity contribution in [2.45, 2.75) is 12.8 Å². The molecule has 1 aliphatic rings. The van der Waals surface area contributed by atoms with E-state index in [2.05, 4.69) is 0 Å². The van der Waals surface area contributed by atoms with Crippen LogP contribution in [-0.2, 0) is 23.6 Å². The molecule has 0 amide bonds. The van der Waals surface area contributed by atoms with Gasteiger partial charge in [0.1, 0.15) is 11.4 Å². The van der Waals surface area contributed by atoms with Crippen LogP contribution in [0.3, 0.4) is 0 Å². The van der Waals surface area contributed by atoms with Gasteiger partial charge in [-0.2, -0.15) is 0 Å². The standard InChI is InChI=1S/C18H18FN3O5/c1-4-26-17(24)12-11(9-7-5-6-8-10(9)19)13-15(23)21(2)18(25)22(3)16(13)27-14(12)20/h5-8,11H,4,20H2,1-3H3/t11-/m1/s1. The van der Waals surface area contributed by atoms with Crippen LogP contribution in [0.1, 0.15) is 24.0 Å². The molecular formula is C18H18FN3O5. The summed E-state index contributed by atoms with van der Waals surface area (Å²) in [6.45, 7) is 1.66. The molecular weight excluding hydrogens is 357 g/mol. The van der Waals surface area contributed by atoms with Crippen molar-refractivity contribution in [3.05, 3.63) is 73.5 Å².